The summed E-state index contributed by atoms with van der Waals surface area (Å²) in [7, 11) is 0. The number of hydrogen-bond acceptors (Lipinski definition) is 4. The molecule has 26 heavy (non-hydrogen) atoms. The molecule has 0 radical (unpaired) electrons. The molecule has 1 aromatic carbocycles. The van der Waals surface area contributed by atoms with E-state index in [2.05, 4.69) is 4.98 Å². The van der Waals surface area contributed by atoms with Gasteiger partial charge in [-0.2, -0.15) is 13.2 Å². The number of primary amides is 1. The van der Waals surface area contributed by atoms with Crippen molar-refractivity contribution in [1.82, 2.24) is 4.98 Å². The molecule has 5 nitrogen and oxygen atoms in total. The molecule has 0 unspecified atom stereocenters. The van der Waals surface area contributed by atoms with E-state index in [0.29, 0.717) is 35.8 Å². The molecule has 2 N–H and O–H groups in total. The van der Waals surface area contributed by atoms with Crippen LogP contribution in [0, 0.1) is 0 Å². The maximum atomic E-state index is 12.6. The molecule has 1 aliphatic rings. The van der Waals surface area contributed by atoms with Crippen molar-refractivity contribution < 1.29 is 22.7 Å². The molecule has 1 fully saturated rings. The monoisotopic (exact) mass is 385 g/mol. The molecule has 0 spiro atoms. The second kappa shape index (κ2) is 7.03. The van der Waals surface area contributed by atoms with Crippen molar-refractivity contribution in [1.29, 1.82) is 0 Å². The molecule has 138 valence electrons. The van der Waals surface area contributed by atoms with Crippen LogP contribution in [0.5, 0.6) is 5.88 Å². The van der Waals surface area contributed by atoms with Crippen LogP contribution < -0.4 is 15.4 Å². The Labute approximate surface area is 152 Å². The maximum absolute atomic E-state index is 12.6. The lowest BCUT2D eigenvalue weighted by Gasteiger charge is -2.22. The number of carbonyl (C=O) groups excluding carboxylic acids is 1. The molecule has 1 amide bonds. The number of nitrogens with two attached hydrogens (primary N) is 1. The van der Waals surface area contributed by atoms with Gasteiger partial charge in [0.05, 0.1) is 28.4 Å². The molecule has 0 aliphatic carbocycles. The standard InChI is InChI=1S/C17H15ClF3N3O2/c18-13-3-1-2-12(16(22)25)15(13)24-7-6-11(9-24)26-14-5-4-10(8-23-14)17(19,20)21/h1-5,8,11H,6-7,9H2,(H2,22,25)/t11-/m0/s1. The second-order valence-electron chi connectivity index (χ2n) is 5.86. The van der Waals surface area contributed by atoms with Crippen LogP contribution >= 0.6 is 11.6 Å². The number of halogens is 4. The Kier molecular flexibility index (Phi) is 4.95. The largest absolute Gasteiger partial charge is 0.472 e. The van der Waals surface area contributed by atoms with Crippen LogP contribution in [0.2, 0.25) is 5.02 Å². The zero-order valence-electron chi connectivity index (χ0n) is 13.5. The van der Waals surface area contributed by atoms with Gasteiger partial charge in [-0.25, -0.2) is 4.98 Å². The molecule has 1 atom stereocenters. The number of benzene rings is 1. The number of amides is 1. The van der Waals surface area contributed by atoms with Crippen molar-refractivity contribution in [3.63, 3.8) is 0 Å². The molecule has 2 aromatic rings. The van der Waals surface area contributed by atoms with Gasteiger partial charge in [-0.3, -0.25) is 4.79 Å². The van der Waals surface area contributed by atoms with Gasteiger partial charge in [0.25, 0.3) is 5.91 Å². The molecule has 1 aliphatic heterocycles. The first-order valence-corrected chi connectivity index (χ1v) is 8.16. The highest BCUT2D eigenvalue weighted by Crippen LogP contribution is 2.33. The van der Waals surface area contributed by atoms with Crippen molar-refractivity contribution >= 4 is 23.2 Å². The SMILES string of the molecule is NC(=O)c1cccc(Cl)c1N1CC[C@H](Oc2ccc(C(F)(F)F)cn2)C1. The van der Waals surface area contributed by atoms with Crippen LogP contribution in [-0.4, -0.2) is 30.1 Å². The predicted molar refractivity (Wildman–Crippen MR) is 90.5 cm³/mol. The third kappa shape index (κ3) is 3.85. The Hall–Kier alpha value is -2.48. The Morgan fingerprint density at radius 2 is 2.08 bits per heavy atom. The van der Waals surface area contributed by atoms with Gasteiger partial charge in [-0.05, 0) is 18.2 Å². The van der Waals surface area contributed by atoms with Crippen molar-refractivity contribution in [2.75, 3.05) is 18.0 Å². The van der Waals surface area contributed by atoms with Gasteiger partial charge in [-0.15, -0.1) is 0 Å². The summed E-state index contributed by atoms with van der Waals surface area (Å²) in [5.74, 6) is -0.476. The highest BCUT2D eigenvalue weighted by atomic mass is 35.5. The van der Waals surface area contributed by atoms with E-state index in [-0.39, 0.29) is 12.0 Å². The summed E-state index contributed by atoms with van der Waals surface area (Å²) in [6, 6.07) is 7.01. The fourth-order valence-electron chi connectivity index (χ4n) is 2.85. The minimum absolute atomic E-state index is 0.110. The predicted octanol–water partition coefficient (Wildman–Crippen LogP) is 3.51. The van der Waals surface area contributed by atoms with Gasteiger partial charge in [-0.1, -0.05) is 17.7 Å². The fourth-order valence-corrected chi connectivity index (χ4v) is 3.15. The van der Waals surface area contributed by atoms with E-state index in [1.54, 1.807) is 18.2 Å². The lowest BCUT2D eigenvalue weighted by molar-refractivity contribution is -0.137. The highest BCUT2D eigenvalue weighted by molar-refractivity contribution is 6.34. The minimum Gasteiger partial charge on any atom is -0.472 e. The topological polar surface area (TPSA) is 68.5 Å². The van der Waals surface area contributed by atoms with Gasteiger partial charge in [0.15, 0.2) is 0 Å². The minimum atomic E-state index is -4.44. The van der Waals surface area contributed by atoms with E-state index in [0.717, 1.165) is 12.3 Å². The molecule has 1 aromatic heterocycles. The molecule has 2 heterocycles. The number of aromatic nitrogens is 1. The molecule has 0 bridgehead atoms. The van der Waals surface area contributed by atoms with E-state index >= 15 is 0 Å². The average Bonchev–Trinajstić information content (AvgIpc) is 3.02. The quantitative estimate of drug-likeness (QED) is 0.874. The third-order valence-corrected chi connectivity index (χ3v) is 4.37. The Morgan fingerprint density at radius 3 is 2.69 bits per heavy atom. The maximum Gasteiger partial charge on any atom is 0.417 e. The normalized spacial score (nSPS) is 17.4. The van der Waals surface area contributed by atoms with Gasteiger partial charge < -0.3 is 15.4 Å². The first-order chi connectivity index (χ1) is 12.3. The number of rotatable bonds is 4. The van der Waals surface area contributed by atoms with E-state index in [1.165, 1.54) is 6.07 Å². The Bertz CT molecular complexity index is 812. The van der Waals surface area contributed by atoms with Gasteiger partial charge in [0.1, 0.15) is 6.10 Å². The summed E-state index contributed by atoms with van der Waals surface area (Å²) in [6.07, 6.45) is -3.39. The smallest absolute Gasteiger partial charge is 0.417 e. The molecule has 9 heteroatoms. The third-order valence-electron chi connectivity index (χ3n) is 4.06. The zero-order chi connectivity index (χ0) is 18.9. The number of carbonyl (C=O) groups is 1. The summed E-state index contributed by atoms with van der Waals surface area (Å²) in [5, 5.41) is 0.398. The van der Waals surface area contributed by atoms with Crippen molar-refractivity contribution in [2.24, 2.45) is 5.73 Å². The number of nitrogens with zero attached hydrogens (tertiary/aromatic N) is 2. The average molecular weight is 386 g/mol. The number of pyridine rings is 1. The van der Waals surface area contributed by atoms with Crippen LogP contribution in [0.4, 0.5) is 18.9 Å². The van der Waals surface area contributed by atoms with E-state index in [4.69, 9.17) is 22.1 Å². The second-order valence-corrected chi connectivity index (χ2v) is 6.26. The summed E-state index contributed by atoms with van der Waals surface area (Å²) < 4.78 is 43.4. The first kappa shape index (κ1) is 18.3. The van der Waals surface area contributed by atoms with Crippen LogP contribution in [-0.2, 0) is 6.18 Å². The zero-order valence-corrected chi connectivity index (χ0v) is 14.2. The van der Waals surface area contributed by atoms with Gasteiger partial charge in [0.2, 0.25) is 5.88 Å². The molecule has 1 saturated heterocycles. The lowest BCUT2D eigenvalue weighted by Crippen LogP contribution is -2.27. The molecule has 3 rings (SSSR count). The summed E-state index contributed by atoms with van der Waals surface area (Å²) in [4.78, 5) is 17.2. The van der Waals surface area contributed by atoms with Crippen molar-refractivity contribution in [2.45, 2.75) is 18.7 Å². The Balaban J connectivity index is 1.71. The first-order valence-electron chi connectivity index (χ1n) is 7.79. The van der Waals surface area contributed by atoms with Crippen LogP contribution in [0.1, 0.15) is 22.3 Å². The number of para-hydroxylation sites is 1. The Morgan fingerprint density at radius 1 is 1.31 bits per heavy atom. The number of hydrogen-bond donors (Lipinski definition) is 1. The molecular weight excluding hydrogens is 371 g/mol. The highest BCUT2D eigenvalue weighted by Gasteiger charge is 2.31. The van der Waals surface area contributed by atoms with E-state index in [9.17, 15) is 18.0 Å². The van der Waals surface area contributed by atoms with Crippen molar-refractivity contribution in [3.8, 4) is 5.88 Å². The number of ether oxygens (including phenoxy) is 1. The molecule has 0 saturated carbocycles. The van der Waals surface area contributed by atoms with Crippen molar-refractivity contribution in [3.05, 3.63) is 52.7 Å². The van der Waals surface area contributed by atoms with E-state index in [1.807, 2.05) is 4.90 Å². The summed E-state index contributed by atoms with van der Waals surface area (Å²) in [6.45, 7) is 0.974. The number of alkyl halides is 3. The number of anilines is 1. The van der Waals surface area contributed by atoms with Gasteiger partial charge in [0, 0.05) is 25.2 Å². The summed E-state index contributed by atoms with van der Waals surface area (Å²) in [5.41, 5.74) is 5.41. The summed E-state index contributed by atoms with van der Waals surface area (Å²) >= 11 is 6.21. The van der Waals surface area contributed by atoms with E-state index < -0.39 is 17.6 Å². The fraction of sp³-hybridized carbons (Fsp3) is 0.294. The molecular formula is C17H15ClF3N3O2. The van der Waals surface area contributed by atoms with Crippen LogP contribution in [0.3, 0.4) is 0 Å². The lowest BCUT2D eigenvalue weighted by atomic mass is 10.1. The van der Waals surface area contributed by atoms with Gasteiger partial charge >= 0.3 is 6.18 Å². The van der Waals surface area contributed by atoms with Crippen LogP contribution in [0.15, 0.2) is 36.5 Å². The van der Waals surface area contributed by atoms with Crippen LogP contribution in [0.25, 0.3) is 0 Å².